The first-order chi connectivity index (χ1) is 17.7. The first-order valence-corrected chi connectivity index (χ1v) is 12.9. The highest BCUT2D eigenvalue weighted by atomic mass is 32.2. The van der Waals surface area contributed by atoms with Crippen LogP contribution in [-0.2, 0) is 16.2 Å². The lowest BCUT2D eigenvalue weighted by Crippen LogP contribution is -2.36. The highest BCUT2D eigenvalue weighted by molar-refractivity contribution is 7.89. The van der Waals surface area contributed by atoms with E-state index >= 15 is 0 Å². The summed E-state index contributed by atoms with van der Waals surface area (Å²) in [4.78, 5) is 9.78. The van der Waals surface area contributed by atoms with Gasteiger partial charge in [-0.15, -0.1) is 0 Å². The fraction of sp³-hybridized carbons (Fsp3) is 0.292. The molecule has 0 saturated carbocycles. The van der Waals surface area contributed by atoms with Crippen molar-refractivity contribution < 1.29 is 26.3 Å². The van der Waals surface area contributed by atoms with Crippen LogP contribution in [-0.4, -0.2) is 65.6 Å². The normalized spacial score (nSPS) is 15.6. The van der Waals surface area contributed by atoms with Crippen LogP contribution in [0.15, 0.2) is 66.0 Å². The summed E-state index contributed by atoms with van der Waals surface area (Å²) in [7, 11) is -2.80. The zero-order chi connectivity index (χ0) is 26.2. The monoisotopic (exact) mass is 532 g/mol. The average Bonchev–Trinajstić information content (AvgIpc) is 3.23. The molecule has 0 unspecified atom stereocenters. The predicted molar refractivity (Wildman–Crippen MR) is 130 cm³/mol. The molecule has 13 heteroatoms. The molecule has 2 aromatic heterocycles. The number of sulfonamides is 1. The number of hydrogen-bond acceptors (Lipinski definition) is 7. The second-order valence-electron chi connectivity index (χ2n) is 8.43. The molecule has 1 aliphatic rings. The number of halogens is 3. The third kappa shape index (κ3) is 4.71. The summed E-state index contributed by atoms with van der Waals surface area (Å²) in [6.07, 6.45) is -1.33. The lowest BCUT2D eigenvalue weighted by atomic mass is 10.1. The van der Waals surface area contributed by atoms with Crippen LogP contribution in [0.5, 0.6) is 5.75 Å². The van der Waals surface area contributed by atoms with Crippen molar-refractivity contribution in [2.45, 2.75) is 17.5 Å². The van der Waals surface area contributed by atoms with Gasteiger partial charge in [0.1, 0.15) is 17.9 Å². The van der Waals surface area contributed by atoms with Crippen LogP contribution < -0.4 is 9.64 Å². The number of methoxy groups -OCH3 is 1. The van der Waals surface area contributed by atoms with Crippen molar-refractivity contribution >= 4 is 21.6 Å². The minimum atomic E-state index is -4.79. The molecule has 2 aromatic carbocycles. The van der Waals surface area contributed by atoms with E-state index in [4.69, 9.17) is 4.74 Å². The molecular formula is C24H23F3N6O3S. The van der Waals surface area contributed by atoms with Crippen LogP contribution in [0.2, 0.25) is 0 Å². The van der Waals surface area contributed by atoms with Gasteiger partial charge in [-0.2, -0.15) is 32.1 Å². The maximum Gasteiger partial charge on any atom is 0.417 e. The first-order valence-electron chi connectivity index (χ1n) is 11.4. The number of hydrogen-bond donors (Lipinski definition) is 0. The topological polar surface area (TPSA) is 92.9 Å². The number of ether oxygens (including phenoxy) is 1. The molecule has 0 bridgehead atoms. The van der Waals surface area contributed by atoms with Gasteiger partial charge in [0.05, 0.1) is 17.6 Å². The molecule has 1 saturated heterocycles. The van der Waals surface area contributed by atoms with Gasteiger partial charge in [-0.3, -0.25) is 0 Å². The molecule has 0 aliphatic carbocycles. The number of alkyl halides is 3. The van der Waals surface area contributed by atoms with E-state index in [-0.39, 0.29) is 19.6 Å². The van der Waals surface area contributed by atoms with E-state index in [0.717, 1.165) is 27.6 Å². The van der Waals surface area contributed by atoms with E-state index in [0.29, 0.717) is 30.3 Å². The van der Waals surface area contributed by atoms with Crippen LogP contribution in [0, 0.1) is 0 Å². The summed E-state index contributed by atoms with van der Waals surface area (Å²) < 4.78 is 75.3. The lowest BCUT2D eigenvalue weighted by molar-refractivity contribution is -0.139. The van der Waals surface area contributed by atoms with E-state index in [9.17, 15) is 21.6 Å². The van der Waals surface area contributed by atoms with Gasteiger partial charge < -0.3 is 9.64 Å². The Bertz CT molecular complexity index is 1520. The molecule has 0 amide bonds. The lowest BCUT2D eigenvalue weighted by Gasteiger charge is -2.26. The van der Waals surface area contributed by atoms with Crippen LogP contribution in [0.3, 0.4) is 0 Å². The maximum atomic E-state index is 13.6. The Labute approximate surface area is 211 Å². The Kier molecular flexibility index (Phi) is 6.50. The molecular weight excluding hydrogens is 509 g/mol. The van der Waals surface area contributed by atoms with Crippen molar-refractivity contribution in [1.29, 1.82) is 0 Å². The quantitative estimate of drug-likeness (QED) is 0.387. The molecule has 3 heterocycles. The van der Waals surface area contributed by atoms with Crippen molar-refractivity contribution in [2.75, 3.05) is 38.2 Å². The van der Waals surface area contributed by atoms with Gasteiger partial charge >= 0.3 is 6.18 Å². The van der Waals surface area contributed by atoms with Gasteiger partial charge in [0, 0.05) is 37.9 Å². The number of anilines is 1. The molecule has 1 fully saturated rings. The third-order valence-corrected chi connectivity index (χ3v) is 8.20. The van der Waals surface area contributed by atoms with Crippen molar-refractivity contribution in [1.82, 2.24) is 23.9 Å². The number of fused-ring (bicyclic) bond motifs is 1. The third-order valence-electron chi connectivity index (χ3n) is 6.25. The molecule has 4 aromatic rings. The second kappa shape index (κ2) is 9.63. The molecule has 194 valence electrons. The highest BCUT2D eigenvalue weighted by Gasteiger charge is 2.39. The van der Waals surface area contributed by atoms with Gasteiger partial charge in [0.25, 0.3) is 5.78 Å². The van der Waals surface area contributed by atoms with E-state index in [1.54, 1.807) is 17.8 Å². The Morgan fingerprint density at radius 2 is 1.70 bits per heavy atom. The van der Waals surface area contributed by atoms with Gasteiger partial charge in [-0.25, -0.2) is 13.4 Å². The minimum Gasteiger partial charge on any atom is -0.497 e. The summed E-state index contributed by atoms with van der Waals surface area (Å²) in [5.41, 5.74) is 0.421. The van der Waals surface area contributed by atoms with Crippen LogP contribution >= 0.6 is 0 Å². The molecule has 37 heavy (non-hydrogen) atoms. The average molecular weight is 533 g/mol. The van der Waals surface area contributed by atoms with Crippen molar-refractivity contribution in [3.63, 3.8) is 0 Å². The zero-order valence-electron chi connectivity index (χ0n) is 19.8. The minimum absolute atomic E-state index is 0.00487. The van der Waals surface area contributed by atoms with Crippen molar-refractivity contribution in [3.05, 3.63) is 66.6 Å². The maximum absolute atomic E-state index is 13.6. The number of rotatable bonds is 5. The standard InChI is InChI=1S/C24H23F3N6O3S/c1-36-18-9-7-17(8-10-18)19-15-28-23-29-16-30-33(23)22(19)31-11-4-12-32(14-13-31)37(34,35)21-6-3-2-5-20(21)24(25,26)27/h2-3,5-10,15-16H,4,11-14H2,1H3. The summed E-state index contributed by atoms with van der Waals surface area (Å²) in [6, 6.07) is 11.7. The number of aromatic nitrogens is 4. The Balaban J connectivity index is 1.49. The fourth-order valence-electron chi connectivity index (χ4n) is 4.46. The SMILES string of the molecule is COc1ccc(-c2cnc3ncnn3c2N2CCCN(S(=O)(=O)c3ccccc3C(F)(F)F)CC2)cc1. The Hall–Kier alpha value is -3.71. The van der Waals surface area contributed by atoms with Crippen LogP contribution in [0.1, 0.15) is 12.0 Å². The smallest absolute Gasteiger partial charge is 0.417 e. The highest BCUT2D eigenvalue weighted by Crippen LogP contribution is 2.36. The van der Waals surface area contributed by atoms with Gasteiger partial charge in [0.15, 0.2) is 0 Å². The van der Waals surface area contributed by atoms with E-state index in [1.807, 2.05) is 29.2 Å². The summed E-state index contributed by atoms with van der Waals surface area (Å²) >= 11 is 0. The molecule has 0 radical (unpaired) electrons. The Morgan fingerprint density at radius 3 is 2.43 bits per heavy atom. The molecule has 0 atom stereocenters. The fourth-order valence-corrected chi connectivity index (χ4v) is 6.14. The number of benzene rings is 2. The van der Waals surface area contributed by atoms with Crippen LogP contribution in [0.25, 0.3) is 16.9 Å². The van der Waals surface area contributed by atoms with E-state index < -0.39 is 26.7 Å². The van der Waals surface area contributed by atoms with Gasteiger partial charge in [0.2, 0.25) is 10.0 Å². The van der Waals surface area contributed by atoms with Gasteiger partial charge in [-0.1, -0.05) is 24.3 Å². The first kappa shape index (κ1) is 25.0. The molecule has 9 nitrogen and oxygen atoms in total. The van der Waals surface area contributed by atoms with Crippen molar-refractivity contribution in [3.8, 4) is 16.9 Å². The summed E-state index contributed by atoms with van der Waals surface area (Å²) in [5.74, 6) is 1.73. The predicted octanol–water partition coefficient (Wildman–Crippen LogP) is 3.72. The van der Waals surface area contributed by atoms with E-state index in [1.165, 1.54) is 18.5 Å². The summed E-state index contributed by atoms with van der Waals surface area (Å²) in [5, 5.41) is 4.32. The summed E-state index contributed by atoms with van der Waals surface area (Å²) in [6.45, 7) is 0.758. The Morgan fingerprint density at radius 1 is 0.946 bits per heavy atom. The largest absolute Gasteiger partial charge is 0.497 e. The molecule has 1 aliphatic heterocycles. The molecule has 0 spiro atoms. The van der Waals surface area contributed by atoms with Crippen molar-refractivity contribution in [2.24, 2.45) is 0 Å². The zero-order valence-corrected chi connectivity index (χ0v) is 20.6. The molecule has 5 rings (SSSR count). The van der Waals surface area contributed by atoms with Crippen LogP contribution in [0.4, 0.5) is 19.0 Å². The second-order valence-corrected chi connectivity index (χ2v) is 10.3. The molecule has 0 N–H and O–H groups in total. The van der Waals surface area contributed by atoms with E-state index in [2.05, 4.69) is 15.1 Å². The number of nitrogens with zero attached hydrogens (tertiary/aromatic N) is 6. The van der Waals surface area contributed by atoms with Gasteiger partial charge in [-0.05, 0) is 36.2 Å².